The highest BCUT2D eigenvalue weighted by atomic mass is 16.6. The molecule has 2 aromatic rings. The number of nitrogens with zero attached hydrogens (tertiary/aromatic N) is 4. The number of amides is 1. The number of rotatable bonds is 4. The van der Waals surface area contributed by atoms with E-state index in [9.17, 15) is 14.9 Å². The SMILES string of the molecule is O=C(Cc1ccccc1[N+](=O)[O-])N1CCCCC[C@H]1c1ncon1. The van der Waals surface area contributed by atoms with Gasteiger partial charge >= 0.3 is 0 Å². The number of carbonyl (C=O) groups is 1. The molecule has 8 heteroatoms. The second kappa shape index (κ2) is 7.20. The Balaban J connectivity index is 1.83. The van der Waals surface area contributed by atoms with E-state index in [4.69, 9.17) is 4.52 Å². The van der Waals surface area contributed by atoms with E-state index in [-0.39, 0.29) is 24.1 Å². The van der Waals surface area contributed by atoms with Crippen LogP contribution in [-0.4, -0.2) is 32.4 Å². The van der Waals surface area contributed by atoms with Gasteiger partial charge in [-0.2, -0.15) is 4.98 Å². The van der Waals surface area contributed by atoms with Crippen LogP contribution in [0.4, 0.5) is 5.69 Å². The molecule has 24 heavy (non-hydrogen) atoms. The molecule has 8 nitrogen and oxygen atoms in total. The number of benzene rings is 1. The fourth-order valence-corrected chi connectivity index (χ4v) is 3.10. The highest BCUT2D eigenvalue weighted by molar-refractivity contribution is 5.80. The van der Waals surface area contributed by atoms with Gasteiger partial charge in [-0.3, -0.25) is 14.9 Å². The summed E-state index contributed by atoms with van der Waals surface area (Å²) in [6.07, 6.45) is 4.92. The van der Waals surface area contributed by atoms with Crippen LogP contribution in [0.3, 0.4) is 0 Å². The number of hydrogen-bond donors (Lipinski definition) is 0. The standard InChI is InChI=1S/C16H18N4O4/c21-15(10-12-6-3-4-7-13(12)20(22)23)19-9-5-1-2-8-14(19)16-17-11-24-18-16/h3-4,6-7,11,14H,1-2,5,8-10H2/t14-/m0/s1. The molecule has 1 saturated heterocycles. The van der Waals surface area contributed by atoms with Gasteiger partial charge in [0.2, 0.25) is 12.3 Å². The van der Waals surface area contributed by atoms with E-state index in [0.717, 1.165) is 25.7 Å². The molecule has 3 rings (SSSR count). The van der Waals surface area contributed by atoms with E-state index in [2.05, 4.69) is 10.1 Å². The van der Waals surface area contributed by atoms with Crippen LogP contribution in [0, 0.1) is 10.1 Å². The van der Waals surface area contributed by atoms with Gasteiger partial charge in [-0.05, 0) is 12.8 Å². The van der Waals surface area contributed by atoms with Crippen molar-refractivity contribution in [2.75, 3.05) is 6.54 Å². The highest BCUT2D eigenvalue weighted by Crippen LogP contribution is 2.29. The van der Waals surface area contributed by atoms with Crippen molar-refractivity contribution in [1.82, 2.24) is 15.0 Å². The van der Waals surface area contributed by atoms with Crippen LogP contribution in [0.2, 0.25) is 0 Å². The lowest BCUT2D eigenvalue weighted by Gasteiger charge is -2.27. The number of para-hydroxylation sites is 1. The average molecular weight is 330 g/mol. The minimum Gasteiger partial charge on any atom is -0.343 e. The lowest BCUT2D eigenvalue weighted by atomic mass is 10.1. The molecular formula is C16H18N4O4. The van der Waals surface area contributed by atoms with E-state index >= 15 is 0 Å². The Hall–Kier alpha value is -2.77. The van der Waals surface area contributed by atoms with Crippen molar-refractivity contribution >= 4 is 11.6 Å². The maximum Gasteiger partial charge on any atom is 0.273 e. The van der Waals surface area contributed by atoms with Crippen molar-refractivity contribution < 1.29 is 14.2 Å². The second-order valence-electron chi connectivity index (χ2n) is 5.80. The maximum absolute atomic E-state index is 12.8. The normalized spacial score (nSPS) is 18.2. The van der Waals surface area contributed by atoms with Crippen molar-refractivity contribution in [3.05, 3.63) is 52.2 Å². The predicted octanol–water partition coefficient (Wildman–Crippen LogP) is 2.66. The van der Waals surface area contributed by atoms with Gasteiger partial charge < -0.3 is 9.42 Å². The number of likely N-dealkylation sites (tertiary alicyclic amines) is 1. The zero-order valence-electron chi connectivity index (χ0n) is 13.1. The molecule has 0 unspecified atom stereocenters. The number of nitro benzene ring substituents is 1. The molecule has 1 atom stereocenters. The number of aromatic nitrogens is 2. The Morgan fingerprint density at radius 3 is 2.92 bits per heavy atom. The topological polar surface area (TPSA) is 102 Å². The second-order valence-corrected chi connectivity index (χ2v) is 5.80. The zero-order valence-corrected chi connectivity index (χ0v) is 13.1. The molecule has 0 radical (unpaired) electrons. The lowest BCUT2D eigenvalue weighted by molar-refractivity contribution is -0.385. The van der Waals surface area contributed by atoms with Crippen molar-refractivity contribution in [1.29, 1.82) is 0 Å². The summed E-state index contributed by atoms with van der Waals surface area (Å²) < 4.78 is 4.82. The van der Waals surface area contributed by atoms with E-state index in [1.165, 1.54) is 12.5 Å². The summed E-state index contributed by atoms with van der Waals surface area (Å²) in [5.74, 6) is 0.341. The molecule has 0 spiro atoms. The zero-order chi connectivity index (χ0) is 16.9. The third-order valence-electron chi connectivity index (χ3n) is 4.28. The number of hydrogen-bond acceptors (Lipinski definition) is 6. The van der Waals surface area contributed by atoms with Crippen LogP contribution in [0.25, 0.3) is 0 Å². The van der Waals surface area contributed by atoms with Gasteiger partial charge in [0.15, 0.2) is 5.82 Å². The summed E-state index contributed by atoms with van der Waals surface area (Å²) in [7, 11) is 0. The van der Waals surface area contributed by atoms with Crippen LogP contribution < -0.4 is 0 Å². The average Bonchev–Trinajstić information content (AvgIpc) is 2.99. The minimum atomic E-state index is -0.457. The van der Waals surface area contributed by atoms with Crippen molar-refractivity contribution in [3.8, 4) is 0 Å². The molecule has 2 heterocycles. The Morgan fingerprint density at radius 2 is 2.17 bits per heavy atom. The predicted molar refractivity (Wildman–Crippen MR) is 84.0 cm³/mol. The van der Waals surface area contributed by atoms with Crippen LogP contribution in [-0.2, 0) is 11.2 Å². The molecular weight excluding hydrogens is 312 g/mol. The van der Waals surface area contributed by atoms with Crippen molar-refractivity contribution in [2.24, 2.45) is 0 Å². The maximum atomic E-state index is 12.8. The molecule has 0 aliphatic carbocycles. The monoisotopic (exact) mass is 330 g/mol. The highest BCUT2D eigenvalue weighted by Gasteiger charge is 2.30. The van der Waals surface area contributed by atoms with E-state index < -0.39 is 4.92 Å². The quantitative estimate of drug-likeness (QED) is 0.631. The Bertz CT molecular complexity index is 717. The van der Waals surface area contributed by atoms with Gasteiger partial charge in [0, 0.05) is 18.2 Å². The van der Waals surface area contributed by atoms with Gasteiger partial charge in [-0.1, -0.05) is 36.2 Å². The van der Waals surface area contributed by atoms with Crippen LogP contribution in [0.1, 0.15) is 43.1 Å². The molecule has 0 saturated carbocycles. The molecule has 1 aromatic carbocycles. The van der Waals surface area contributed by atoms with Gasteiger partial charge in [-0.25, -0.2) is 0 Å². The van der Waals surface area contributed by atoms with Gasteiger partial charge in [0.1, 0.15) is 0 Å². The smallest absolute Gasteiger partial charge is 0.273 e. The Kier molecular flexibility index (Phi) is 4.83. The molecule has 0 bridgehead atoms. The molecule has 1 aliphatic heterocycles. The molecule has 1 aliphatic rings. The molecule has 126 valence electrons. The first-order valence-corrected chi connectivity index (χ1v) is 7.95. The van der Waals surface area contributed by atoms with Crippen LogP contribution in [0.15, 0.2) is 35.2 Å². The molecule has 1 amide bonds. The summed E-state index contributed by atoms with van der Waals surface area (Å²) in [6.45, 7) is 0.596. The number of carbonyl (C=O) groups excluding carboxylic acids is 1. The summed E-state index contributed by atoms with van der Waals surface area (Å²) >= 11 is 0. The summed E-state index contributed by atoms with van der Waals surface area (Å²) in [5.41, 5.74) is 0.389. The Labute approximate surface area is 138 Å². The number of nitro groups is 1. The van der Waals surface area contributed by atoms with Crippen LogP contribution >= 0.6 is 0 Å². The third-order valence-corrected chi connectivity index (χ3v) is 4.28. The van der Waals surface area contributed by atoms with Crippen LogP contribution in [0.5, 0.6) is 0 Å². The summed E-state index contributed by atoms with van der Waals surface area (Å²) in [4.78, 5) is 29.3. The van der Waals surface area contributed by atoms with E-state index in [0.29, 0.717) is 17.9 Å². The minimum absolute atomic E-state index is 0.00843. The van der Waals surface area contributed by atoms with Crippen molar-refractivity contribution in [2.45, 2.75) is 38.1 Å². The first-order valence-electron chi connectivity index (χ1n) is 7.95. The molecule has 1 aromatic heterocycles. The van der Waals surface area contributed by atoms with Gasteiger partial charge in [-0.15, -0.1) is 0 Å². The Morgan fingerprint density at radius 1 is 1.33 bits per heavy atom. The first kappa shape index (κ1) is 16.1. The van der Waals surface area contributed by atoms with Crippen molar-refractivity contribution in [3.63, 3.8) is 0 Å². The van der Waals surface area contributed by atoms with Gasteiger partial charge in [0.25, 0.3) is 5.69 Å². The molecule has 1 fully saturated rings. The largest absolute Gasteiger partial charge is 0.343 e. The molecule has 0 N–H and O–H groups in total. The lowest BCUT2D eigenvalue weighted by Crippen LogP contribution is -2.36. The first-order chi connectivity index (χ1) is 11.7. The fraction of sp³-hybridized carbons (Fsp3) is 0.438. The fourth-order valence-electron chi connectivity index (χ4n) is 3.10. The summed E-state index contributed by atoms with van der Waals surface area (Å²) in [6, 6.07) is 6.11. The summed E-state index contributed by atoms with van der Waals surface area (Å²) in [5, 5.41) is 15.0. The third kappa shape index (κ3) is 3.42. The van der Waals surface area contributed by atoms with E-state index in [1.54, 1.807) is 23.1 Å². The van der Waals surface area contributed by atoms with Gasteiger partial charge in [0.05, 0.1) is 17.4 Å². The van der Waals surface area contributed by atoms with E-state index in [1.807, 2.05) is 0 Å².